The van der Waals surface area contributed by atoms with Crippen LogP contribution < -0.4 is 5.46 Å². The van der Waals surface area contributed by atoms with Crippen LogP contribution in [0.1, 0.15) is 12.0 Å². The predicted molar refractivity (Wildman–Crippen MR) is 89.5 cm³/mol. The van der Waals surface area contributed by atoms with Gasteiger partial charge in [-0.25, -0.2) is 8.42 Å². The maximum atomic E-state index is 12.4. The fraction of sp³-hybridized carbons (Fsp3) is 0.176. The minimum absolute atomic E-state index is 0.541. The van der Waals surface area contributed by atoms with Gasteiger partial charge in [-0.1, -0.05) is 72.2 Å². The summed E-state index contributed by atoms with van der Waals surface area (Å²) >= 11 is 0. The van der Waals surface area contributed by atoms with Crippen molar-refractivity contribution in [2.75, 3.05) is 0 Å². The molecule has 0 aromatic heterocycles. The molecule has 1 radical (unpaired) electrons. The van der Waals surface area contributed by atoms with Gasteiger partial charge in [0.1, 0.15) is 9.69 Å². The summed E-state index contributed by atoms with van der Waals surface area (Å²) in [5, 5.41) is -0.557. The van der Waals surface area contributed by atoms with Crippen molar-refractivity contribution in [3.05, 3.63) is 78.9 Å². The Morgan fingerprint density at radius 2 is 1.57 bits per heavy atom. The van der Waals surface area contributed by atoms with Gasteiger partial charge in [-0.2, -0.15) is 0 Å². The molecule has 2 aromatic carbocycles. The van der Waals surface area contributed by atoms with Crippen LogP contribution in [0.15, 0.2) is 73.3 Å². The zero-order chi connectivity index (χ0) is 15.1. The van der Waals surface area contributed by atoms with Crippen molar-refractivity contribution in [1.29, 1.82) is 0 Å². The van der Waals surface area contributed by atoms with E-state index in [4.69, 9.17) is 0 Å². The van der Waals surface area contributed by atoms with Crippen molar-refractivity contribution in [3.8, 4) is 0 Å². The van der Waals surface area contributed by atoms with Crippen LogP contribution in [0.25, 0.3) is 0 Å². The number of hydrogen-bond donors (Lipinski definition) is 0. The molecule has 2 aromatic rings. The highest BCUT2D eigenvalue weighted by molar-refractivity contribution is 8.17. The third-order valence-corrected chi connectivity index (χ3v) is 5.22. The zero-order valence-corrected chi connectivity index (χ0v) is 12.7. The minimum Gasteiger partial charge on any atom is -0.241 e. The highest BCUT2D eigenvalue weighted by Crippen LogP contribution is 2.12. The van der Waals surface area contributed by atoms with E-state index in [0.717, 1.165) is 12.0 Å². The van der Waals surface area contributed by atoms with E-state index >= 15 is 0 Å². The molecule has 21 heavy (non-hydrogen) atoms. The molecule has 0 heterocycles. The average molecular weight is 297 g/mol. The second-order valence-electron chi connectivity index (χ2n) is 4.92. The first-order chi connectivity index (χ1) is 10.1. The molecule has 0 amide bonds. The largest absolute Gasteiger partial charge is 0.317 e. The van der Waals surface area contributed by atoms with E-state index in [0.29, 0.717) is 11.9 Å². The molecule has 107 valence electrons. The quantitative estimate of drug-likeness (QED) is 0.581. The fourth-order valence-corrected chi connectivity index (χ4v) is 3.60. The minimum atomic E-state index is -3.34. The molecule has 0 aliphatic carbocycles. The summed E-state index contributed by atoms with van der Waals surface area (Å²) in [7, 11) is -3.34. The number of aryl methyl sites for hydroxylation is 1. The zero-order valence-electron chi connectivity index (χ0n) is 11.9. The summed E-state index contributed by atoms with van der Waals surface area (Å²) in [6.45, 7) is 5.02. The summed E-state index contributed by atoms with van der Waals surface area (Å²) in [5.74, 6) is 0. The van der Waals surface area contributed by atoms with E-state index in [9.17, 15) is 8.42 Å². The Morgan fingerprint density at radius 3 is 2.14 bits per heavy atom. The summed E-state index contributed by atoms with van der Waals surface area (Å²) in [6, 6.07) is 19.0. The van der Waals surface area contributed by atoms with Gasteiger partial charge in [0, 0.05) is 0 Å². The van der Waals surface area contributed by atoms with Gasteiger partial charge >= 0.3 is 6.56 Å². The van der Waals surface area contributed by atoms with E-state index in [1.54, 1.807) is 12.1 Å². The van der Waals surface area contributed by atoms with Crippen LogP contribution in [0, 0.1) is 0 Å². The average Bonchev–Trinajstić information content (AvgIpc) is 2.49. The number of hydrogen-bond acceptors (Lipinski definition) is 2. The molecule has 0 fully saturated rings. The van der Waals surface area contributed by atoms with Gasteiger partial charge < -0.3 is 0 Å². The van der Waals surface area contributed by atoms with E-state index in [2.05, 4.69) is 6.58 Å². The Balaban J connectivity index is 2.04. The summed E-state index contributed by atoms with van der Waals surface area (Å²) in [5.41, 5.74) is 1.84. The van der Waals surface area contributed by atoms with Gasteiger partial charge in [-0.15, -0.1) is 6.58 Å². The van der Waals surface area contributed by atoms with Gasteiger partial charge in [0.05, 0.1) is 5.25 Å². The van der Waals surface area contributed by atoms with Crippen LogP contribution in [-0.4, -0.2) is 20.2 Å². The van der Waals surface area contributed by atoms with E-state index < -0.39 is 14.9 Å². The Hall–Kier alpha value is -1.81. The number of rotatable bonds is 7. The molecule has 1 atom stereocenters. The Labute approximate surface area is 127 Å². The normalized spacial score (nSPS) is 12.6. The van der Waals surface area contributed by atoms with Crippen LogP contribution in [0.2, 0.25) is 0 Å². The Bertz CT molecular complexity index is 666. The molecule has 1 unspecified atom stereocenters. The summed E-state index contributed by atoms with van der Waals surface area (Å²) in [6.07, 6.45) is 2.79. The van der Waals surface area contributed by atoms with E-state index in [1.165, 1.54) is 12.6 Å². The second kappa shape index (κ2) is 7.27. The monoisotopic (exact) mass is 297 g/mol. The summed E-state index contributed by atoms with van der Waals surface area (Å²) in [4.78, 5) is 0. The standard InChI is InChI=1S/C17H18BO2S/c1-2-17(14-13-15-9-5-3-6-10-15)21(19,20)18-16-11-7-4-8-12-16/h2-12,17H,1,13-14H2. The molecule has 2 nitrogen and oxygen atoms in total. The highest BCUT2D eigenvalue weighted by atomic mass is 32.2. The van der Waals surface area contributed by atoms with Crippen molar-refractivity contribution in [3.63, 3.8) is 0 Å². The van der Waals surface area contributed by atoms with Gasteiger partial charge in [0.15, 0.2) is 0 Å². The SMILES string of the molecule is C=CC(CCc1ccccc1)S(=O)(=O)[B]c1ccccc1. The molecule has 0 aliphatic heterocycles. The molecule has 4 heteroatoms. The Morgan fingerprint density at radius 1 is 1.00 bits per heavy atom. The molecule has 0 aliphatic rings. The first-order valence-corrected chi connectivity index (χ1v) is 8.53. The smallest absolute Gasteiger partial charge is 0.241 e. The topological polar surface area (TPSA) is 34.1 Å². The second-order valence-corrected chi connectivity index (χ2v) is 6.94. The fourth-order valence-electron chi connectivity index (χ4n) is 2.18. The van der Waals surface area contributed by atoms with Crippen molar-refractivity contribution in [1.82, 2.24) is 0 Å². The lowest BCUT2D eigenvalue weighted by Crippen LogP contribution is -2.32. The van der Waals surface area contributed by atoms with Crippen LogP contribution in [0.3, 0.4) is 0 Å². The lowest BCUT2D eigenvalue weighted by molar-refractivity contribution is 0.597. The first-order valence-electron chi connectivity index (χ1n) is 6.92. The predicted octanol–water partition coefficient (Wildman–Crippen LogP) is 2.53. The molecular weight excluding hydrogens is 279 g/mol. The Kier molecular flexibility index (Phi) is 5.40. The van der Waals surface area contributed by atoms with Gasteiger partial charge in [0.2, 0.25) is 0 Å². The van der Waals surface area contributed by atoms with Crippen LogP contribution >= 0.6 is 0 Å². The lowest BCUT2D eigenvalue weighted by atomic mass is 9.95. The highest BCUT2D eigenvalue weighted by Gasteiger charge is 2.24. The molecular formula is C17H18BO2S. The van der Waals surface area contributed by atoms with Gasteiger partial charge in [-0.3, -0.25) is 0 Å². The third-order valence-electron chi connectivity index (χ3n) is 3.35. The molecule has 0 N–H and O–H groups in total. The van der Waals surface area contributed by atoms with Crippen molar-refractivity contribution >= 4 is 21.7 Å². The van der Waals surface area contributed by atoms with Crippen molar-refractivity contribution in [2.45, 2.75) is 18.1 Å². The van der Waals surface area contributed by atoms with Gasteiger partial charge in [0.25, 0.3) is 0 Å². The molecule has 0 saturated carbocycles. The van der Waals surface area contributed by atoms with Crippen molar-refractivity contribution < 1.29 is 8.42 Å². The lowest BCUT2D eigenvalue weighted by Gasteiger charge is -2.13. The third kappa shape index (κ3) is 4.60. The van der Waals surface area contributed by atoms with Gasteiger partial charge in [-0.05, 0) is 18.4 Å². The summed E-state index contributed by atoms with van der Waals surface area (Å²) < 4.78 is 24.9. The maximum absolute atomic E-state index is 12.4. The van der Waals surface area contributed by atoms with E-state index in [-0.39, 0.29) is 0 Å². The van der Waals surface area contributed by atoms with Crippen molar-refractivity contribution in [2.24, 2.45) is 0 Å². The van der Waals surface area contributed by atoms with Crippen LogP contribution in [0.5, 0.6) is 0 Å². The molecule has 2 rings (SSSR count). The van der Waals surface area contributed by atoms with Crippen LogP contribution in [0.4, 0.5) is 0 Å². The number of benzene rings is 2. The molecule has 0 saturated heterocycles. The molecule has 0 bridgehead atoms. The molecule has 0 spiro atoms. The maximum Gasteiger partial charge on any atom is 0.317 e. The van der Waals surface area contributed by atoms with Crippen LogP contribution in [-0.2, 0) is 16.1 Å². The van der Waals surface area contributed by atoms with E-state index in [1.807, 2.05) is 48.5 Å². The first kappa shape index (κ1) is 15.6.